The molecule has 1 aromatic carbocycles. The van der Waals surface area contributed by atoms with Gasteiger partial charge >= 0.3 is 0 Å². The van der Waals surface area contributed by atoms with Gasteiger partial charge in [0.15, 0.2) is 0 Å². The minimum atomic E-state index is 0.0479. The van der Waals surface area contributed by atoms with Gasteiger partial charge in [0, 0.05) is 24.8 Å². The van der Waals surface area contributed by atoms with E-state index in [2.05, 4.69) is 41.6 Å². The second kappa shape index (κ2) is 6.06. The number of benzene rings is 1. The fraction of sp³-hybridized carbons (Fsp3) is 0.588. The SMILES string of the molecule is CC1CN(C)CCC1NC(=O)C1CNc2ccccc2C1. The van der Waals surface area contributed by atoms with Crippen LogP contribution in [0.3, 0.4) is 0 Å². The van der Waals surface area contributed by atoms with Crippen molar-refractivity contribution >= 4 is 11.6 Å². The number of piperidine rings is 1. The maximum atomic E-state index is 12.5. The Bertz CT molecular complexity index is 517. The summed E-state index contributed by atoms with van der Waals surface area (Å²) in [5.74, 6) is 0.779. The van der Waals surface area contributed by atoms with Crippen molar-refractivity contribution in [2.75, 3.05) is 32.0 Å². The summed E-state index contributed by atoms with van der Waals surface area (Å²) in [6, 6.07) is 8.60. The van der Waals surface area contributed by atoms with Gasteiger partial charge in [0.05, 0.1) is 5.92 Å². The van der Waals surface area contributed by atoms with E-state index in [0.717, 1.165) is 32.5 Å². The van der Waals surface area contributed by atoms with Crippen LogP contribution in [-0.4, -0.2) is 43.5 Å². The highest BCUT2D eigenvalue weighted by Gasteiger charge is 2.29. The van der Waals surface area contributed by atoms with Crippen LogP contribution < -0.4 is 10.6 Å². The van der Waals surface area contributed by atoms with Gasteiger partial charge in [-0.3, -0.25) is 4.79 Å². The van der Waals surface area contributed by atoms with Crippen LogP contribution in [-0.2, 0) is 11.2 Å². The molecule has 2 heterocycles. The van der Waals surface area contributed by atoms with Gasteiger partial charge in [-0.05, 0) is 44.0 Å². The topological polar surface area (TPSA) is 44.4 Å². The van der Waals surface area contributed by atoms with E-state index in [4.69, 9.17) is 0 Å². The summed E-state index contributed by atoms with van der Waals surface area (Å²) in [7, 11) is 2.15. The molecule has 4 heteroatoms. The third-order valence-electron chi connectivity index (χ3n) is 4.83. The Kier molecular flexibility index (Phi) is 4.15. The largest absolute Gasteiger partial charge is 0.384 e. The molecule has 0 radical (unpaired) electrons. The molecule has 1 fully saturated rings. The van der Waals surface area contributed by atoms with Crippen molar-refractivity contribution in [3.8, 4) is 0 Å². The van der Waals surface area contributed by atoms with Crippen LogP contribution in [0.5, 0.6) is 0 Å². The Morgan fingerprint density at radius 1 is 1.38 bits per heavy atom. The van der Waals surface area contributed by atoms with E-state index in [1.54, 1.807) is 0 Å². The minimum Gasteiger partial charge on any atom is -0.384 e. The van der Waals surface area contributed by atoms with Crippen molar-refractivity contribution in [2.24, 2.45) is 11.8 Å². The highest BCUT2D eigenvalue weighted by atomic mass is 16.2. The number of nitrogens with zero attached hydrogens (tertiary/aromatic N) is 1. The first-order chi connectivity index (χ1) is 10.1. The van der Waals surface area contributed by atoms with Gasteiger partial charge in [0.25, 0.3) is 0 Å². The van der Waals surface area contributed by atoms with Crippen LogP contribution in [0.4, 0.5) is 5.69 Å². The number of hydrogen-bond acceptors (Lipinski definition) is 3. The third kappa shape index (κ3) is 3.21. The lowest BCUT2D eigenvalue weighted by atomic mass is 9.90. The van der Waals surface area contributed by atoms with Crippen molar-refractivity contribution in [2.45, 2.75) is 25.8 Å². The van der Waals surface area contributed by atoms with Gasteiger partial charge in [0.2, 0.25) is 5.91 Å². The van der Waals surface area contributed by atoms with E-state index in [1.807, 2.05) is 12.1 Å². The fourth-order valence-corrected chi connectivity index (χ4v) is 3.50. The first-order valence-electron chi connectivity index (χ1n) is 7.94. The molecule has 21 heavy (non-hydrogen) atoms. The molecule has 0 aromatic heterocycles. The Labute approximate surface area is 126 Å². The molecule has 114 valence electrons. The van der Waals surface area contributed by atoms with Gasteiger partial charge in [-0.25, -0.2) is 0 Å². The van der Waals surface area contributed by atoms with Gasteiger partial charge in [-0.2, -0.15) is 0 Å². The Hall–Kier alpha value is -1.55. The average Bonchev–Trinajstić information content (AvgIpc) is 2.49. The van der Waals surface area contributed by atoms with E-state index >= 15 is 0 Å². The maximum Gasteiger partial charge on any atom is 0.225 e. The predicted octanol–water partition coefficient (Wildman–Crippen LogP) is 1.73. The number of carbonyl (C=O) groups is 1. The summed E-state index contributed by atoms with van der Waals surface area (Å²) in [4.78, 5) is 14.9. The molecule has 2 aliphatic heterocycles. The summed E-state index contributed by atoms with van der Waals surface area (Å²) in [6.45, 7) is 5.11. The number of amides is 1. The summed E-state index contributed by atoms with van der Waals surface area (Å²) < 4.78 is 0. The molecule has 0 bridgehead atoms. The zero-order chi connectivity index (χ0) is 14.8. The van der Waals surface area contributed by atoms with Gasteiger partial charge in [-0.15, -0.1) is 0 Å². The summed E-state index contributed by atoms with van der Waals surface area (Å²) in [6.07, 6.45) is 1.90. The molecule has 3 rings (SSSR count). The van der Waals surface area contributed by atoms with E-state index in [0.29, 0.717) is 12.0 Å². The first kappa shape index (κ1) is 14.4. The van der Waals surface area contributed by atoms with Crippen molar-refractivity contribution < 1.29 is 4.79 Å². The van der Waals surface area contributed by atoms with Crippen molar-refractivity contribution in [1.29, 1.82) is 0 Å². The van der Waals surface area contributed by atoms with Crippen LogP contribution in [0.15, 0.2) is 24.3 Å². The average molecular weight is 287 g/mol. The van der Waals surface area contributed by atoms with Crippen LogP contribution in [0, 0.1) is 11.8 Å². The smallest absolute Gasteiger partial charge is 0.225 e. The van der Waals surface area contributed by atoms with Crippen LogP contribution >= 0.6 is 0 Å². The number of carbonyl (C=O) groups excluding carboxylic acids is 1. The molecule has 4 nitrogen and oxygen atoms in total. The minimum absolute atomic E-state index is 0.0479. The number of anilines is 1. The molecular weight excluding hydrogens is 262 g/mol. The third-order valence-corrected chi connectivity index (χ3v) is 4.83. The Balaban J connectivity index is 1.59. The van der Waals surface area contributed by atoms with E-state index in [-0.39, 0.29) is 11.8 Å². The van der Waals surface area contributed by atoms with E-state index < -0.39 is 0 Å². The normalized spacial score (nSPS) is 29.3. The predicted molar refractivity (Wildman–Crippen MR) is 85.3 cm³/mol. The Morgan fingerprint density at radius 2 is 2.19 bits per heavy atom. The van der Waals surface area contributed by atoms with Crippen LogP contribution in [0.25, 0.3) is 0 Å². The second-order valence-corrected chi connectivity index (χ2v) is 6.58. The maximum absolute atomic E-state index is 12.5. The van der Waals surface area contributed by atoms with Crippen molar-refractivity contribution in [1.82, 2.24) is 10.2 Å². The first-order valence-corrected chi connectivity index (χ1v) is 7.94. The molecule has 3 atom stereocenters. The van der Waals surface area contributed by atoms with Gasteiger partial charge < -0.3 is 15.5 Å². The lowest BCUT2D eigenvalue weighted by Gasteiger charge is -2.36. The highest BCUT2D eigenvalue weighted by molar-refractivity contribution is 5.81. The van der Waals surface area contributed by atoms with Crippen LogP contribution in [0.2, 0.25) is 0 Å². The molecule has 0 saturated carbocycles. The van der Waals surface area contributed by atoms with E-state index in [1.165, 1.54) is 11.3 Å². The van der Waals surface area contributed by atoms with E-state index in [9.17, 15) is 4.79 Å². The molecule has 0 spiro atoms. The number of likely N-dealkylation sites (tertiary alicyclic amines) is 1. The number of rotatable bonds is 2. The zero-order valence-corrected chi connectivity index (χ0v) is 12.9. The second-order valence-electron chi connectivity index (χ2n) is 6.58. The number of nitrogens with one attached hydrogen (secondary N) is 2. The summed E-state index contributed by atoms with van der Waals surface area (Å²) in [5, 5.41) is 6.66. The summed E-state index contributed by atoms with van der Waals surface area (Å²) >= 11 is 0. The van der Waals surface area contributed by atoms with Gasteiger partial charge in [-0.1, -0.05) is 25.1 Å². The lowest BCUT2D eigenvalue weighted by Crippen LogP contribution is -2.51. The molecular formula is C17H25N3O. The quantitative estimate of drug-likeness (QED) is 0.870. The number of para-hydroxylation sites is 1. The molecule has 1 saturated heterocycles. The standard InChI is InChI=1S/C17H25N3O/c1-12-11-20(2)8-7-15(12)19-17(21)14-9-13-5-3-4-6-16(13)18-10-14/h3-6,12,14-15,18H,7-11H2,1-2H3,(H,19,21). The lowest BCUT2D eigenvalue weighted by molar-refractivity contribution is -0.126. The van der Waals surface area contributed by atoms with Gasteiger partial charge in [0.1, 0.15) is 0 Å². The highest BCUT2D eigenvalue weighted by Crippen LogP contribution is 2.25. The summed E-state index contributed by atoms with van der Waals surface area (Å²) in [5.41, 5.74) is 2.43. The molecule has 1 amide bonds. The molecule has 2 aliphatic rings. The molecule has 2 N–H and O–H groups in total. The monoisotopic (exact) mass is 287 g/mol. The zero-order valence-electron chi connectivity index (χ0n) is 12.9. The molecule has 1 aromatic rings. The van der Waals surface area contributed by atoms with Crippen molar-refractivity contribution in [3.05, 3.63) is 29.8 Å². The molecule has 3 unspecified atom stereocenters. The number of hydrogen-bond donors (Lipinski definition) is 2. The van der Waals surface area contributed by atoms with Crippen LogP contribution in [0.1, 0.15) is 18.9 Å². The fourth-order valence-electron chi connectivity index (χ4n) is 3.50. The van der Waals surface area contributed by atoms with Crippen molar-refractivity contribution in [3.63, 3.8) is 0 Å². The number of fused-ring (bicyclic) bond motifs is 1. The Morgan fingerprint density at radius 3 is 3.00 bits per heavy atom. The molecule has 0 aliphatic carbocycles.